The van der Waals surface area contributed by atoms with Crippen LogP contribution in [0.2, 0.25) is 10.0 Å². The number of nitrogens with zero attached hydrogens (tertiary/aromatic N) is 4. The van der Waals surface area contributed by atoms with Crippen molar-refractivity contribution in [2.45, 2.75) is 18.2 Å². The van der Waals surface area contributed by atoms with Crippen LogP contribution in [0.3, 0.4) is 0 Å². The maximum Gasteiger partial charge on any atom is 0.244 e. The molecule has 0 N–H and O–H groups in total. The first-order chi connectivity index (χ1) is 14.9. The van der Waals surface area contributed by atoms with E-state index in [1.54, 1.807) is 12.1 Å². The normalized spacial score (nSPS) is 15.3. The first-order valence-corrected chi connectivity index (χ1v) is 12.2. The van der Waals surface area contributed by atoms with Crippen molar-refractivity contribution in [2.24, 2.45) is 0 Å². The highest BCUT2D eigenvalue weighted by molar-refractivity contribution is 7.89. The van der Waals surface area contributed by atoms with Crippen molar-refractivity contribution in [2.75, 3.05) is 31.1 Å². The molecule has 162 valence electrons. The second kappa shape index (κ2) is 9.12. The lowest BCUT2D eigenvalue weighted by molar-refractivity contribution is 0.383. The average molecular weight is 477 g/mol. The molecule has 6 nitrogen and oxygen atoms in total. The fourth-order valence-electron chi connectivity index (χ4n) is 3.54. The summed E-state index contributed by atoms with van der Waals surface area (Å²) in [5, 5.41) is 9.00. The van der Waals surface area contributed by atoms with Gasteiger partial charge in [-0.1, -0.05) is 60.5 Å². The van der Waals surface area contributed by atoms with E-state index in [-0.39, 0.29) is 14.9 Å². The van der Waals surface area contributed by atoms with Crippen LogP contribution in [0, 0.1) is 0 Å². The van der Waals surface area contributed by atoms with Crippen LogP contribution in [-0.2, 0) is 16.4 Å². The van der Waals surface area contributed by atoms with Crippen LogP contribution >= 0.6 is 23.2 Å². The fourth-order valence-corrected chi connectivity index (χ4v) is 5.70. The summed E-state index contributed by atoms with van der Waals surface area (Å²) in [6.45, 7) is 3.80. The molecule has 3 aromatic rings. The summed E-state index contributed by atoms with van der Waals surface area (Å²) in [4.78, 5) is 2.07. The van der Waals surface area contributed by atoms with Crippen LogP contribution in [0.4, 0.5) is 5.82 Å². The van der Waals surface area contributed by atoms with Gasteiger partial charge in [0.05, 0.1) is 15.7 Å². The van der Waals surface area contributed by atoms with Gasteiger partial charge in [0, 0.05) is 31.7 Å². The minimum atomic E-state index is -3.72. The Bertz CT molecular complexity index is 1160. The standard InChI is InChI=1S/C22H22Cl2N4O2S/c1-2-16-6-8-17(9-7-16)19-10-11-21(26-25-19)27-12-14-28(15-13-27)31(29,30)20-5-3-4-18(23)22(20)24/h3-11H,2,12-15H2,1H3. The lowest BCUT2D eigenvalue weighted by atomic mass is 10.1. The van der Waals surface area contributed by atoms with E-state index < -0.39 is 10.0 Å². The van der Waals surface area contributed by atoms with E-state index >= 15 is 0 Å². The van der Waals surface area contributed by atoms with Gasteiger partial charge in [0.15, 0.2) is 5.82 Å². The van der Waals surface area contributed by atoms with E-state index in [0.29, 0.717) is 26.2 Å². The van der Waals surface area contributed by atoms with Gasteiger partial charge in [0.25, 0.3) is 0 Å². The Morgan fingerprint density at radius 2 is 1.61 bits per heavy atom. The number of hydrogen-bond acceptors (Lipinski definition) is 5. The van der Waals surface area contributed by atoms with Crippen molar-refractivity contribution < 1.29 is 8.42 Å². The summed E-state index contributed by atoms with van der Waals surface area (Å²) in [6.07, 6.45) is 0.996. The third-order valence-electron chi connectivity index (χ3n) is 5.41. The van der Waals surface area contributed by atoms with Gasteiger partial charge in [0.2, 0.25) is 10.0 Å². The monoisotopic (exact) mass is 476 g/mol. The number of hydrogen-bond donors (Lipinski definition) is 0. The quantitative estimate of drug-likeness (QED) is 0.541. The summed E-state index contributed by atoms with van der Waals surface area (Å²) in [6, 6.07) is 16.8. The van der Waals surface area contributed by atoms with Crippen molar-refractivity contribution in [3.63, 3.8) is 0 Å². The molecule has 2 aromatic carbocycles. The molecule has 0 bridgehead atoms. The first-order valence-electron chi connectivity index (χ1n) is 10.0. The SMILES string of the molecule is CCc1ccc(-c2ccc(N3CCN(S(=O)(=O)c4cccc(Cl)c4Cl)CC3)nn2)cc1. The lowest BCUT2D eigenvalue weighted by Gasteiger charge is -2.34. The highest BCUT2D eigenvalue weighted by atomic mass is 35.5. The van der Waals surface area contributed by atoms with Crippen LogP contribution in [-0.4, -0.2) is 49.1 Å². The van der Waals surface area contributed by atoms with Crippen molar-refractivity contribution >= 4 is 39.0 Å². The van der Waals surface area contributed by atoms with E-state index in [2.05, 4.69) is 29.3 Å². The Morgan fingerprint density at radius 3 is 2.23 bits per heavy atom. The molecule has 0 amide bonds. The summed E-state index contributed by atoms with van der Waals surface area (Å²) in [5.74, 6) is 0.728. The predicted octanol–water partition coefficient (Wildman–Crippen LogP) is 4.52. The molecule has 0 saturated carbocycles. The number of benzene rings is 2. The van der Waals surface area contributed by atoms with Crippen LogP contribution in [0.25, 0.3) is 11.3 Å². The van der Waals surface area contributed by atoms with Gasteiger partial charge >= 0.3 is 0 Å². The van der Waals surface area contributed by atoms with Gasteiger partial charge in [-0.15, -0.1) is 10.2 Å². The smallest absolute Gasteiger partial charge is 0.244 e. The molecular weight excluding hydrogens is 455 g/mol. The van der Waals surface area contributed by atoms with Crippen LogP contribution < -0.4 is 4.90 Å². The highest BCUT2D eigenvalue weighted by Gasteiger charge is 2.31. The summed E-state index contributed by atoms with van der Waals surface area (Å²) in [5.41, 5.74) is 3.11. The molecule has 2 heterocycles. The minimum absolute atomic E-state index is 0.0355. The Hall–Kier alpha value is -2.19. The highest BCUT2D eigenvalue weighted by Crippen LogP contribution is 2.31. The number of aryl methyl sites for hydroxylation is 1. The molecule has 1 aliphatic heterocycles. The van der Waals surface area contributed by atoms with Crippen molar-refractivity contribution in [1.82, 2.24) is 14.5 Å². The molecular formula is C22H22Cl2N4O2S. The average Bonchev–Trinajstić information content (AvgIpc) is 2.81. The van der Waals surface area contributed by atoms with E-state index in [4.69, 9.17) is 23.2 Å². The fraction of sp³-hybridized carbons (Fsp3) is 0.273. The first kappa shape index (κ1) is 22.0. The molecule has 0 atom stereocenters. The molecule has 0 aliphatic carbocycles. The molecule has 1 fully saturated rings. The van der Waals surface area contributed by atoms with Crippen LogP contribution in [0.15, 0.2) is 59.5 Å². The summed E-state index contributed by atoms with van der Waals surface area (Å²) in [7, 11) is -3.72. The van der Waals surface area contributed by atoms with Gasteiger partial charge in [-0.25, -0.2) is 8.42 Å². The third kappa shape index (κ3) is 4.55. The molecule has 9 heteroatoms. The molecule has 4 rings (SSSR count). The maximum atomic E-state index is 13.0. The third-order valence-corrected chi connectivity index (χ3v) is 8.28. The largest absolute Gasteiger partial charge is 0.352 e. The topological polar surface area (TPSA) is 66.4 Å². The summed E-state index contributed by atoms with van der Waals surface area (Å²) >= 11 is 12.1. The van der Waals surface area contributed by atoms with Gasteiger partial charge in [-0.2, -0.15) is 4.31 Å². The summed E-state index contributed by atoms with van der Waals surface area (Å²) < 4.78 is 27.4. The zero-order chi connectivity index (χ0) is 22.0. The van der Waals surface area contributed by atoms with Crippen LogP contribution in [0.1, 0.15) is 12.5 Å². The van der Waals surface area contributed by atoms with E-state index in [1.807, 2.05) is 29.2 Å². The van der Waals surface area contributed by atoms with Gasteiger partial charge < -0.3 is 4.90 Å². The van der Waals surface area contributed by atoms with Gasteiger partial charge in [0.1, 0.15) is 4.90 Å². The van der Waals surface area contributed by atoms with E-state index in [9.17, 15) is 8.42 Å². The zero-order valence-corrected chi connectivity index (χ0v) is 19.3. The number of halogens is 2. The second-order valence-corrected chi connectivity index (χ2v) is 9.96. The second-order valence-electron chi connectivity index (χ2n) is 7.27. The molecule has 1 saturated heterocycles. The Labute approximate surface area is 192 Å². The predicted molar refractivity (Wildman–Crippen MR) is 124 cm³/mol. The van der Waals surface area contributed by atoms with Crippen molar-refractivity contribution in [3.8, 4) is 11.3 Å². The Balaban J connectivity index is 1.44. The number of rotatable bonds is 5. The number of aromatic nitrogens is 2. The molecule has 0 unspecified atom stereocenters. The molecule has 1 aliphatic rings. The molecule has 31 heavy (non-hydrogen) atoms. The molecule has 0 spiro atoms. The Morgan fingerprint density at radius 1 is 0.903 bits per heavy atom. The number of anilines is 1. The maximum absolute atomic E-state index is 13.0. The van der Waals surface area contributed by atoms with E-state index in [0.717, 1.165) is 23.5 Å². The van der Waals surface area contributed by atoms with Gasteiger partial charge in [-0.05, 0) is 36.2 Å². The van der Waals surface area contributed by atoms with Crippen molar-refractivity contribution in [1.29, 1.82) is 0 Å². The Kier molecular flexibility index (Phi) is 6.48. The zero-order valence-electron chi connectivity index (χ0n) is 17.0. The number of piperazine rings is 1. The van der Waals surface area contributed by atoms with Crippen LogP contribution in [0.5, 0.6) is 0 Å². The van der Waals surface area contributed by atoms with E-state index in [1.165, 1.54) is 15.9 Å². The molecule has 0 radical (unpaired) electrons. The lowest BCUT2D eigenvalue weighted by Crippen LogP contribution is -2.49. The number of sulfonamides is 1. The van der Waals surface area contributed by atoms with Gasteiger partial charge in [-0.3, -0.25) is 0 Å². The minimum Gasteiger partial charge on any atom is -0.352 e. The van der Waals surface area contributed by atoms with Crippen molar-refractivity contribution in [3.05, 3.63) is 70.2 Å². The molecule has 1 aromatic heterocycles.